The average molecular weight is 191 g/mol. The molecule has 1 radical (unpaired) electrons. The predicted octanol–water partition coefficient (Wildman–Crippen LogP) is 3.72. The van der Waals surface area contributed by atoms with Gasteiger partial charge in [-0.2, -0.15) is 0 Å². The van der Waals surface area contributed by atoms with Gasteiger partial charge in [-0.1, -0.05) is 54.6 Å². The van der Waals surface area contributed by atoms with Gasteiger partial charge in [0.2, 0.25) is 0 Å². The van der Waals surface area contributed by atoms with Gasteiger partial charge in [-0.3, -0.25) is 0 Å². The maximum absolute atomic E-state index is 3.35. The monoisotopic (exact) mass is 191 g/mol. The topological polar surface area (TPSA) is 0 Å². The molecule has 1 aliphatic rings. The highest BCUT2D eigenvalue weighted by Gasteiger charge is 2.09. The second kappa shape index (κ2) is 3.39. The third kappa shape index (κ3) is 1.39. The summed E-state index contributed by atoms with van der Waals surface area (Å²) < 4.78 is 0. The lowest BCUT2D eigenvalue weighted by Crippen LogP contribution is -1.87. The standard InChI is InChI=1S/C15H11/c1-3-10-14-12(6-1)8-5-9-13-7-2-4-11-15(13)14/h1-8,10H,9H2. The summed E-state index contributed by atoms with van der Waals surface area (Å²) in [6.07, 6.45) is 5.42. The third-order valence-corrected chi connectivity index (χ3v) is 2.81. The highest BCUT2D eigenvalue weighted by atomic mass is 14.1. The summed E-state index contributed by atoms with van der Waals surface area (Å²) in [6, 6.07) is 18.1. The molecule has 0 nitrogen and oxygen atoms in total. The zero-order chi connectivity index (χ0) is 10.1. The molecule has 0 fully saturated rings. The molecule has 0 saturated carbocycles. The van der Waals surface area contributed by atoms with Crippen molar-refractivity contribution in [3.05, 3.63) is 65.7 Å². The van der Waals surface area contributed by atoms with Crippen LogP contribution in [0, 0.1) is 6.07 Å². The van der Waals surface area contributed by atoms with Crippen LogP contribution in [0.25, 0.3) is 17.2 Å². The molecule has 0 bridgehead atoms. The van der Waals surface area contributed by atoms with Crippen LogP contribution in [-0.2, 0) is 6.42 Å². The Morgan fingerprint density at radius 2 is 1.93 bits per heavy atom. The molecule has 15 heavy (non-hydrogen) atoms. The van der Waals surface area contributed by atoms with Crippen molar-refractivity contribution in [2.45, 2.75) is 6.42 Å². The summed E-state index contributed by atoms with van der Waals surface area (Å²) >= 11 is 0. The number of allylic oxidation sites excluding steroid dienone is 1. The van der Waals surface area contributed by atoms with Crippen molar-refractivity contribution in [3.8, 4) is 11.1 Å². The molecule has 2 aromatic carbocycles. The number of fused-ring (bicyclic) bond motifs is 3. The molecule has 0 heteroatoms. The van der Waals surface area contributed by atoms with Crippen molar-refractivity contribution in [2.24, 2.45) is 0 Å². The molecular weight excluding hydrogens is 180 g/mol. The van der Waals surface area contributed by atoms with Crippen molar-refractivity contribution in [3.63, 3.8) is 0 Å². The van der Waals surface area contributed by atoms with Crippen LogP contribution in [0.4, 0.5) is 0 Å². The van der Waals surface area contributed by atoms with Gasteiger partial charge < -0.3 is 0 Å². The van der Waals surface area contributed by atoms with Gasteiger partial charge in [0.1, 0.15) is 0 Å². The largest absolute Gasteiger partial charge is 0.0795 e. The molecule has 0 aromatic heterocycles. The Balaban J connectivity index is 2.33. The molecule has 0 aliphatic heterocycles. The van der Waals surface area contributed by atoms with Crippen LogP contribution >= 0.6 is 0 Å². The molecule has 0 amide bonds. The molecular formula is C15H11. The summed E-state index contributed by atoms with van der Waals surface area (Å²) in [4.78, 5) is 0. The van der Waals surface area contributed by atoms with E-state index in [1.165, 1.54) is 22.3 Å². The number of hydrogen-bond acceptors (Lipinski definition) is 0. The molecule has 71 valence electrons. The van der Waals surface area contributed by atoms with E-state index in [0.717, 1.165) is 6.42 Å². The molecule has 2 aromatic rings. The smallest absolute Gasteiger partial charge is 0.00639 e. The first-order valence-electron chi connectivity index (χ1n) is 5.21. The second-order valence-corrected chi connectivity index (χ2v) is 3.76. The maximum Gasteiger partial charge on any atom is -0.00639 e. The highest BCUT2D eigenvalue weighted by Crippen LogP contribution is 2.30. The van der Waals surface area contributed by atoms with E-state index < -0.39 is 0 Å². The van der Waals surface area contributed by atoms with Crippen LogP contribution in [0.5, 0.6) is 0 Å². The average Bonchev–Trinajstić information content (AvgIpc) is 2.48. The summed E-state index contributed by atoms with van der Waals surface area (Å²) in [5, 5.41) is 0. The summed E-state index contributed by atoms with van der Waals surface area (Å²) in [7, 11) is 0. The van der Waals surface area contributed by atoms with Gasteiger partial charge in [-0.25, -0.2) is 0 Å². The Morgan fingerprint density at radius 1 is 1.00 bits per heavy atom. The lowest BCUT2D eigenvalue weighted by molar-refractivity contribution is 1.29. The Hall–Kier alpha value is -1.82. The van der Waals surface area contributed by atoms with Gasteiger partial charge in [-0.05, 0) is 34.7 Å². The molecule has 0 N–H and O–H groups in total. The highest BCUT2D eigenvalue weighted by molar-refractivity contribution is 5.78. The zero-order valence-electron chi connectivity index (χ0n) is 8.40. The number of rotatable bonds is 0. The van der Waals surface area contributed by atoms with Gasteiger partial charge in [0, 0.05) is 0 Å². The Bertz CT molecular complexity index is 521. The molecule has 0 saturated heterocycles. The van der Waals surface area contributed by atoms with Crippen molar-refractivity contribution in [1.29, 1.82) is 0 Å². The second-order valence-electron chi connectivity index (χ2n) is 3.76. The van der Waals surface area contributed by atoms with E-state index in [1.807, 2.05) is 6.07 Å². The quantitative estimate of drug-likeness (QED) is 0.595. The van der Waals surface area contributed by atoms with Gasteiger partial charge in [0.25, 0.3) is 0 Å². The summed E-state index contributed by atoms with van der Waals surface area (Å²) in [5.41, 5.74) is 5.19. The predicted molar refractivity (Wildman–Crippen MR) is 63.5 cm³/mol. The fraction of sp³-hybridized carbons (Fsp3) is 0.0667. The summed E-state index contributed by atoms with van der Waals surface area (Å²) in [6.45, 7) is 0. The van der Waals surface area contributed by atoms with E-state index in [2.05, 4.69) is 54.6 Å². The van der Waals surface area contributed by atoms with Crippen molar-refractivity contribution in [2.75, 3.05) is 0 Å². The fourth-order valence-electron chi connectivity index (χ4n) is 2.08. The van der Waals surface area contributed by atoms with E-state index >= 15 is 0 Å². The van der Waals surface area contributed by atoms with E-state index in [0.29, 0.717) is 0 Å². The Morgan fingerprint density at radius 3 is 2.93 bits per heavy atom. The van der Waals surface area contributed by atoms with Gasteiger partial charge in [0.05, 0.1) is 0 Å². The van der Waals surface area contributed by atoms with E-state index in [9.17, 15) is 0 Å². The van der Waals surface area contributed by atoms with Crippen molar-refractivity contribution in [1.82, 2.24) is 0 Å². The first kappa shape index (κ1) is 8.49. The number of hydrogen-bond donors (Lipinski definition) is 0. The van der Waals surface area contributed by atoms with Crippen LogP contribution in [0.3, 0.4) is 0 Å². The minimum atomic E-state index is 1.00. The molecule has 0 spiro atoms. The maximum atomic E-state index is 3.35. The fourth-order valence-corrected chi connectivity index (χ4v) is 2.08. The SMILES string of the molecule is [c]1cccc2c1-c1ccccc1C=CC2. The molecule has 0 unspecified atom stereocenters. The number of benzene rings is 2. The van der Waals surface area contributed by atoms with E-state index in [1.54, 1.807) is 0 Å². The van der Waals surface area contributed by atoms with Crippen LogP contribution in [0.15, 0.2) is 48.5 Å². The first-order valence-corrected chi connectivity index (χ1v) is 5.21. The van der Waals surface area contributed by atoms with E-state index in [4.69, 9.17) is 0 Å². The summed E-state index contributed by atoms with van der Waals surface area (Å²) in [5.74, 6) is 0. The van der Waals surface area contributed by atoms with Gasteiger partial charge in [-0.15, -0.1) is 0 Å². The lowest BCUT2D eigenvalue weighted by Gasteiger charge is -2.07. The van der Waals surface area contributed by atoms with E-state index in [-0.39, 0.29) is 0 Å². The Kier molecular flexibility index (Phi) is 1.92. The minimum absolute atomic E-state index is 1.00. The lowest BCUT2D eigenvalue weighted by atomic mass is 9.97. The van der Waals surface area contributed by atoms with Crippen molar-refractivity contribution < 1.29 is 0 Å². The molecule has 0 heterocycles. The molecule has 1 aliphatic carbocycles. The van der Waals surface area contributed by atoms with Gasteiger partial charge in [0.15, 0.2) is 0 Å². The van der Waals surface area contributed by atoms with Crippen LogP contribution in [-0.4, -0.2) is 0 Å². The third-order valence-electron chi connectivity index (χ3n) is 2.81. The van der Waals surface area contributed by atoms with Crippen molar-refractivity contribution >= 4 is 6.08 Å². The minimum Gasteiger partial charge on any atom is -0.0795 e. The van der Waals surface area contributed by atoms with Crippen LogP contribution in [0.2, 0.25) is 0 Å². The molecule has 0 atom stereocenters. The molecule has 3 rings (SSSR count). The van der Waals surface area contributed by atoms with Crippen LogP contribution < -0.4 is 0 Å². The Labute approximate surface area is 89.9 Å². The zero-order valence-corrected chi connectivity index (χ0v) is 8.40. The normalized spacial score (nSPS) is 12.8. The van der Waals surface area contributed by atoms with Crippen LogP contribution in [0.1, 0.15) is 11.1 Å². The van der Waals surface area contributed by atoms with Gasteiger partial charge >= 0.3 is 0 Å². The first-order chi connectivity index (χ1) is 7.45.